The Morgan fingerprint density at radius 2 is 1.21 bits per heavy atom. The maximum absolute atomic E-state index is 7.50. The summed E-state index contributed by atoms with van der Waals surface area (Å²) in [4.78, 5) is 0. The van der Waals surface area contributed by atoms with Crippen molar-refractivity contribution >= 4 is 0 Å². The predicted octanol–water partition coefficient (Wildman–Crippen LogP) is 3.54. The van der Waals surface area contributed by atoms with Gasteiger partial charge in [-0.15, -0.1) is 0 Å². The van der Waals surface area contributed by atoms with Crippen LogP contribution in [0.4, 0.5) is 0 Å². The fraction of sp³-hybridized carbons (Fsp3) is 0.400. The molecule has 3 nitrogen and oxygen atoms in total. The van der Waals surface area contributed by atoms with Crippen molar-refractivity contribution in [3.8, 4) is 0 Å². The number of hydrogen-bond donors (Lipinski definition) is 0. The summed E-state index contributed by atoms with van der Waals surface area (Å²) in [5.74, 6) is 0. The molecule has 0 saturated heterocycles. The molecule has 0 atom stereocenters. The third-order valence-electron chi connectivity index (χ3n) is 2.95. The van der Waals surface area contributed by atoms with Crippen LogP contribution in [0.5, 0.6) is 0 Å². The molecule has 0 amide bonds. The molecule has 0 aliphatic rings. The van der Waals surface area contributed by atoms with Crippen molar-refractivity contribution in [2.24, 2.45) is 0 Å². The van der Waals surface area contributed by atoms with E-state index >= 15 is 0 Å². The second-order valence-corrected chi connectivity index (χ2v) is 3.33. The molecule has 104 valence electrons. The fourth-order valence-corrected chi connectivity index (χ4v) is 1.83. The molecule has 0 saturated carbocycles. The van der Waals surface area contributed by atoms with E-state index in [-0.39, 0.29) is 28.5 Å². The molecule has 19 heavy (non-hydrogen) atoms. The predicted molar refractivity (Wildman–Crippen MR) is 68.6 cm³/mol. The minimum Gasteiger partial charge on any atom is -0.358 e. The summed E-state index contributed by atoms with van der Waals surface area (Å²) in [6, 6.07) is 0. The minimum absolute atomic E-state index is 0. The van der Waals surface area contributed by atoms with Gasteiger partial charge in [-0.1, -0.05) is 41.0 Å². The SMILES string of the molecule is CCc1c(C)c(C)[c-](C)c1C.[C-]#[O+].[C-]#[O+].[C-]#[O+].[CH3-].[W+2]. The molecule has 0 spiro atoms. The first-order valence-electron chi connectivity index (χ1n) is 4.92. The van der Waals surface area contributed by atoms with Crippen molar-refractivity contribution < 1.29 is 35.0 Å². The molecule has 0 N–H and O–H groups in total. The molecule has 0 aliphatic carbocycles. The maximum atomic E-state index is 7.50. The summed E-state index contributed by atoms with van der Waals surface area (Å²) in [6.45, 7) is 24.6. The molecule has 0 fully saturated rings. The van der Waals surface area contributed by atoms with Crippen LogP contribution < -0.4 is 0 Å². The van der Waals surface area contributed by atoms with E-state index in [2.05, 4.69) is 54.6 Å². The van der Waals surface area contributed by atoms with E-state index in [0.717, 1.165) is 0 Å². The van der Waals surface area contributed by atoms with Crippen LogP contribution in [0.25, 0.3) is 0 Å². The van der Waals surface area contributed by atoms with E-state index in [1.54, 1.807) is 5.56 Å². The first-order chi connectivity index (χ1) is 8.09. The average molecular weight is 432 g/mol. The van der Waals surface area contributed by atoms with Gasteiger partial charge in [0.1, 0.15) is 0 Å². The maximum Gasteiger partial charge on any atom is 2.00 e. The van der Waals surface area contributed by atoms with Gasteiger partial charge in [0, 0.05) is 0 Å². The zero-order chi connectivity index (χ0) is 14.6. The van der Waals surface area contributed by atoms with Crippen LogP contribution in [0.2, 0.25) is 0 Å². The smallest absolute Gasteiger partial charge is 0.358 e. The standard InChI is InChI=1S/C11H17.3CO.CH3.W/c1-6-11-9(4)7(2)8(3)10(11)5;3*1-2;;/h6H2,1-5H3;;;;1H3;/q-1;;;;-1;+2. The summed E-state index contributed by atoms with van der Waals surface area (Å²) in [6.07, 6.45) is 1.17. The number of hydrogen-bond acceptors (Lipinski definition) is 0. The molecule has 4 heteroatoms. The van der Waals surface area contributed by atoms with Crippen LogP contribution in [-0.2, 0) is 41.4 Å². The van der Waals surface area contributed by atoms with Crippen molar-refractivity contribution in [2.45, 2.75) is 41.0 Å². The van der Waals surface area contributed by atoms with E-state index < -0.39 is 0 Å². The molecule has 1 rings (SSSR count). The topological polar surface area (TPSA) is 59.7 Å². The third kappa shape index (κ3) is 8.89. The second kappa shape index (κ2) is 19.6. The van der Waals surface area contributed by atoms with Crippen LogP contribution in [0.1, 0.15) is 34.7 Å². The molecule has 1 aromatic rings. The van der Waals surface area contributed by atoms with Crippen LogP contribution in [0, 0.1) is 55.1 Å². The Hall–Kier alpha value is -0.742. The van der Waals surface area contributed by atoms with Gasteiger partial charge in [-0.3, -0.25) is 0 Å². The first-order valence-corrected chi connectivity index (χ1v) is 4.92. The molecule has 0 radical (unpaired) electrons. The van der Waals surface area contributed by atoms with Gasteiger partial charge in [0.15, 0.2) is 0 Å². The van der Waals surface area contributed by atoms with E-state index in [0.29, 0.717) is 0 Å². The van der Waals surface area contributed by atoms with Crippen LogP contribution in [0.3, 0.4) is 0 Å². The summed E-state index contributed by atoms with van der Waals surface area (Å²) >= 11 is 0. The molecule has 0 heterocycles. The summed E-state index contributed by atoms with van der Waals surface area (Å²) in [5, 5.41) is 0. The van der Waals surface area contributed by atoms with Gasteiger partial charge in [-0.25, -0.2) is 0 Å². The van der Waals surface area contributed by atoms with E-state index in [9.17, 15) is 0 Å². The van der Waals surface area contributed by atoms with Gasteiger partial charge in [0.05, 0.1) is 0 Å². The van der Waals surface area contributed by atoms with Crippen LogP contribution >= 0.6 is 0 Å². The van der Waals surface area contributed by atoms with E-state index in [1.807, 2.05) is 0 Å². The first kappa shape index (κ1) is 30.9. The monoisotopic (exact) mass is 432 g/mol. The summed E-state index contributed by atoms with van der Waals surface area (Å²) in [7, 11) is 0. The van der Waals surface area contributed by atoms with Crippen molar-refractivity contribution in [3.05, 3.63) is 55.2 Å². The van der Waals surface area contributed by atoms with Gasteiger partial charge in [0.2, 0.25) is 0 Å². The largest absolute Gasteiger partial charge is 2.00 e. The molecule has 0 aromatic heterocycles. The molecule has 0 aliphatic heterocycles. The van der Waals surface area contributed by atoms with Gasteiger partial charge in [0.25, 0.3) is 0 Å². The van der Waals surface area contributed by atoms with Crippen LogP contribution in [-0.4, -0.2) is 0 Å². The van der Waals surface area contributed by atoms with Crippen molar-refractivity contribution in [3.63, 3.8) is 0 Å². The fourth-order valence-electron chi connectivity index (χ4n) is 1.83. The molecule has 0 bridgehead atoms. The van der Waals surface area contributed by atoms with Gasteiger partial charge >= 0.3 is 55.0 Å². The molecule has 1 aromatic carbocycles. The molecular formula is C15H20O3W. The minimum atomic E-state index is 0. The Morgan fingerprint density at radius 3 is 1.32 bits per heavy atom. The van der Waals surface area contributed by atoms with Crippen LogP contribution in [0.15, 0.2) is 0 Å². The Balaban J connectivity index is -0.0000000724. The Bertz CT molecular complexity index is 345. The zero-order valence-electron chi connectivity index (χ0n) is 12.3. The van der Waals surface area contributed by atoms with Crippen molar-refractivity contribution in [1.82, 2.24) is 0 Å². The van der Waals surface area contributed by atoms with Crippen molar-refractivity contribution in [2.75, 3.05) is 0 Å². The Morgan fingerprint density at radius 1 is 0.895 bits per heavy atom. The van der Waals surface area contributed by atoms with Gasteiger partial charge in [-0.05, 0) is 0 Å². The summed E-state index contributed by atoms with van der Waals surface area (Å²) < 4.78 is 22.5. The molecule has 0 unspecified atom stereocenters. The number of rotatable bonds is 1. The second-order valence-electron chi connectivity index (χ2n) is 3.33. The zero-order valence-corrected chi connectivity index (χ0v) is 15.3. The van der Waals surface area contributed by atoms with E-state index in [1.165, 1.54) is 28.7 Å². The Labute approximate surface area is 131 Å². The van der Waals surface area contributed by atoms with Gasteiger partial charge in [-0.2, -0.15) is 27.8 Å². The Kier molecular flexibility index (Phi) is 31.9. The van der Waals surface area contributed by atoms with Crippen molar-refractivity contribution in [1.29, 1.82) is 0 Å². The average Bonchev–Trinajstić information content (AvgIpc) is 2.61. The molecular weight excluding hydrogens is 412 g/mol. The summed E-state index contributed by atoms with van der Waals surface area (Å²) in [5.41, 5.74) is 7.53. The third-order valence-corrected chi connectivity index (χ3v) is 2.95. The quantitative estimate of drug-likeness (QED) is 0.482. The van der Waals surface area contributed by atoms with E-state index in [4.69, 9.17) is 14.0 Å². The van der Waals surface area contributed by atoms with Gasteiger partial charge < -0.3 is 7.43 Å². The normalized spacial score (nSPS) is 6.47.